The summed E-state index contributed by atoms with van der Waals surface area (Å²) < 4.78 is 18.6. The summed E-state index contributed by atoms with van der Waals surface area (Å²) in [6.07, 6.45) is 2.33. The van der Waals surface area contributed by atoms with Crippen LogP contribution in [-0.2, 0) is 33.4 Å². The number of amides is 3. The van der Waals surface area contributed by atoms with E-state index in [1.54, 1.807) is 48.6 Å². The highest BCUT2D eigenvalue weighted by molar-refractivity contribution is 9.09. The van der Waals surface area contributed by atoms with Gasteiger partial charge in [-0.2, -0.15) is 0 Å². The second-order valence-electron chi connectivity index (χ2n) is 14.3. The van der Waals surface area contributed by atoms with Gasteiger partial charge in [-0.25, -0.2) is 0 Å². The molecule has 13 heteroatoms. The van der Waals surface area contributed by atoms with Gasteiger partial charge in [0.1, 0.15) is 17.7 Å². The Labute approximate surface area is 324 Å². The first kappa shape index (κ1) is 40.6. The minimum atomic E-state index is -1.44. The number of para-hydroxylation sites is 1. The van der Waals surface area contributed by atoms with Gasteiger partial charge in [0.25, 0.3) is 5.91 Å². The summed E-state index contributed by atoms with van der Waals surface area (Å²) in [6, 6.07) is 11.6. The molecule has 53 heavy (non-hydrogen) atoms. The topological polar surface area (TPSA) is 135 Å². The van der Waals surface area contributed by atoms with Crippen LogP contribution in [-0.4, -0.2) is 95.2 Å². The molecular weight excluding hydrogens is 766 g/mol. The lowest BCUT2D eigenvalue weighted by molar-refractivity contribution is -0.163. The van der Waals surface area contributed by atoms with Crippen LogP contribution < -0.4 is 10.2 Å². The minimum absolute atomic E-state index is 0.0299. The molecule has 2 aromatic rings. The van der Waals surface area contributed by atoms with Crippen LogP contribution in [0.25, 0.3) is 0 Å². The van der Waals surface area contributed by atoms with E-state index < -0.39 is 77.0 Å². The molecule has 3 aliphatic rings. The molecule has 2 bridgehead atoms. The van der Waals surface area contributed by atoms with E-state index >= 15 is 4.79 Å². The molecular formula is C40H49BrClN3O8. The van der Waals surface area contributed by atoms with Crippen molar-refractivity contribution in [2.24, 2.45) is 17.8 Å². The van der Waals surface area contributed by atoms with E-state index in [1.807, 2.05) is 32.9 Å². The summed E-state index contributed by atoms with van der Waals surface area (Å²) in [7, 11) is 1.49. The fourth-order valence-corrected chi connectivity index (χ4v) is 9.52. The van der Waals surface area contributed by atoms with Crippen LogP contribution in [0.2, 0.25) is 5.02 Å². The van der Waals surface area contributed by atoms with Gasteiger partial charge in [0, 0.05) is 24.9 Å². The Kier molecular flexibility index (Phi) is 13.2. The Balaban J connectivity index is 1.58. The molecule has 9 atom stereocenters. The highest BCUT2D eigenvalue weighted by Gasteiger charge is 2.78. The van der Waals surface area contributed by atoms with E-state index in [-0.39, 0.29) is 37.8 Å². The SMILES string of the molecule is C=CCCC(=O)N[C@H](COC)[C@H](OC(=O)[C@@H]1[C@H]2O[C@@]3(CC2Br)[C@H](C(=O)N(CC=C)c2c(C)cccc2Cl)N([C@@H](CO)C(C)C)C(=O)[C@@H]13)c1ccccc1. The van der Waals surface area contributed by atoms with Gasteiger partial charge in [-0.1, -0.05) is 96.0 Å². The number of hydrogen-bond donors (Lipinski definition) is 2. The zero-order chi connectivity index (χ0) is 38.6. The van der Waals surface area contributed by atoms with Crippen molar-refractivity contribution in [1.29, 1.82) is 0 Å². The molecule has 3 saturated heterocycles. The first-order valence-corrected chi connectivity index (χ1v) is 19.2. The number of likely N-dealkylation sites (tertiary alicyclic amines) is 1. The molecule has 11 nitrogen and oxygen atoms in total. The highest BCUT2D eigenvalue weighted by Crippen LogP contribution is 2.61. The van der Waals surface area contributed by atoms with Crippen molar-refractivity contribution in [1.82, 2.24) is 10.2 Å². The minimum Gasteiger partial charge on any atom is -0.455 e. The smallest absolute Gasteiger partial charge is 0.313 e. The number of fused-ring (bicyclic) bond motifs is 1. The predicted octanol–water partition coefficient (Wildman–Crippen LogP) is 5.31. The molecule has 2 N–H and O–H groups in total. The number of allylic oxidation sites excluding steroid dienone is 1. The lowest BCUT2D eigenvalue weighted by Crippen LogP contribution is -2.60. The molecule has 1 unspecified atom stereocenters. The maximum absolute atomic E-state index is 15.1. The number of carbonyl (C=O) groups is 4. The normalized spacial score (nSPS) is 26.2. The Morgan fingerprint density at radius 1 is 1.17 bits per heavy atom. The van der Waals surface area contributed by atoms with E-state index in [4.69, 9.17) is 25.8 Å². The first-order valence-electron chi connectivity index (χ1n) is 17.9. The van der Waals surface area contributed by atoms with Gasteiger partial charge in [-0.15, -0.1) is 13.2 Å². The molecule has 3 amide bonds. The van der Waals surface area contributed by atoms with E-state index in [0.717, 1.165) is 5.56 Å². The molecule has 0 aromatic heterocycles. The van der Waals surface area contributed by atoms with E-state index in [2.05, 4.69) is 34.4 Å². The molecule has 0 saturated carbocycles. The van der Waals surface area contributed by atoms with Gasteiger partial charge in [-0.3, -0.25) is 19.2 Å². The number of aliphatic hydroxyl groups excluding tert-OH is 1. The van der Waals surface area contributed by atoms with E-state index in [9.17, 15) is 19.5 Å². The number of carbonyl (C=O) groups excluding carboxylic acids is 4. The second-order valence-corrected chi connectivity index (χ2v) is 15.9. The van der Waals surface area contributed by atoms with Gasteiger partial charge in [0.2, 0.25) is 11.8 Å². The Morgan fingerprint density at radius 3 is 2.49 bits per heavy atom. The summed E-state index contributed by atoms with van der Waals surface area (Å²) in [5, 5.41) is 14.0. The van der Waals surface area contributed by atoms with Gasteiger partial charge in [-0.05, 0) is 42.9 Å². The molecule has 5 rings (SSSR count). The first-order chi connectivity index (χ1) is 25.4. The average Bonchev–Trinajstić information content (AvgIpc) is 3.72. The molecule has 286 valence electrons. The number of nitrogens with one attached hydrogen (secondary N) is 1. The molecule has 2 aromatic carbocycles. The fourth-order valence-electron chi connectivity index (χ4n) is 8.25. The quantitative estimate of drug-likeness (QED) is 0.125. The average molecular weight is 815 g/mol. The summed E-state index contributed by atoms with van der Waals surface area (Å²) >= 11 is 10.4. The lowest BCUT2D eigenvalue weighted by atomic mass is 9.70. The highest BCUT2D eigenvalue weighted by atomic mass is 79.9. The number of anilines is 1. The van der Waals surface area contributed by atoms with Crippen molar-refractivity contribution < 1.29 is 38.5 Å². The van der Waals surface area contributed by atoms with Crippen molar-refractivity contribution >= 4 is 56.9 Å². The predicted molar refractivity (Wildman–Crippen MR) is 206 cm³/mol. The number of rotatable bonds is 17. The van der Waals surface area contributed by atoms with Crippen LogP contribution in [0.4, 0.5) is 5.69 Å². The summed E-state index contributed by atoms with van der Waals surface area (Å²) in [4.78, 5) is 60.2. The van der Waals surface area contributed by atoms with Gasteiger partial charge >= 0.3 is 5.97 Å². The zero-order valence-corrected chi connectivity index (χ0v) is 32.9. The van der Waals surface area contributed by atoms with Gasteiger partial charge in [0.15, 0.2) is 0 Å². The van der Waals surface area contributed by atoms with Crippen molar-refractivity contribution in [2.45, 2.75) is 80.8 Å². The summed E-state index contributed by atoms with van der Waals surface area (Å²) in [5.74, 6) is -4.39. The van der Waals surface area contributed by atoms with Gasteiger partial charge in [0.05, 0.1) is 53.9 Å². The standard InChI is InChI=1S/C40H49BrClN3O8/c1-7-9-18-30(47)43-28(22-51-6)34(25-15-11-10-12-16-25)52-39(50)31-32-37(48)45(29(21-46)23(3)4)36(40(32)20-26(41)35(31)53-40)38(49)44(19-8-2)33-24(5)14-13-17-27(33)42/h7-8,10-17,23,26,28-29,31-32,34-36,46H,1-2,9,18-22H2,3-6H3,(H,43,47)/t26?,28-,29+,31+,32-,34-,35+,36+,40-/m1/s1. The number of ether oxygens (including phenoxy) is 3. The van der Waals surface area contributed by atoms with Crippen molar-refractivity contribution in [3.05, 3.63) is 90.0 Å². The monoisotopic (exact) mass is 813 g/mol. The molecule has 3 heterocycles. The number of halogens is 2. The maximum atomic E-state index is 15.1. The number of alkyl halides is 1. The van der Waals surface area contributed by atoms with E-state index in [1.165, 1.54) is 16.9 Å². The lowest BCUT2D eigenvalue weighted by Gasteiger charge is -2.40. The number of hydrogen-bond acceptors (Lipinski definition) is 8. The third-order valence-electron chi connectivity index (χ3n) is 10.6. The molecule has 3 aliphatic heterocycles. The molecule has 3 fully saturated rings. The third-order valence-corrected chi connectivity index (χ3v) is 11.7. The Morgan fingerprint density at radius 2 is 1.89 bits per heavy atom. The van der Waals surface area contributed by atoms with Crippen LogP contribution in [0.3, 0.4) is 0 Å². The number of methoxy groups -OCH3 is 1. The van der Waals surface area contributed by atoms with Crippen LogP contribution in [0, 0.1) is 24.7 Å². The van der Waals surface area contributed by atoms with E-state index in [0.29, 0.717) is 22.7 Å². The van der Waals surface area contributed by atoms with Crippen LogP contribution >= 0.6 is 27.5 Å². The van der Waals surface area contributed by atoms with Crippen LogP contribution in [0.15, 0.2) is 73.8 Å². The zero-order valence-electron chi connectivity index (χ0n) is 30.6. The molecule has 0 radical (unpaired) electrons. The number of nitrogens with zero attached hydrogens (tertiary/aromatic N) is 2. The summed E-state index contributed by atoms with van der Waals surface area (Å²) in [6.45, 7) is 12.8. The number of benzene rings is 2. The number of aliphatic hydroxyl groups is 1. The maximum Gasteiger partial charge on any atom is 0.313 e. The van der Waals surface area contributed by atoms with Crippen LogP contribution in [0.5, 0.6) is 0 Å². The number of aryl methyl sites for hydroxylation is 1. The molecule has 1 spiro atoms. The number of esters is 1. The fraction of sp³-hybridized carbons (Fsp3) is 0.500. The van der Waals surface area contributed by atoms with Crippen molar-refractivity contribution in [3.8, 4) is 0 Å². The van der Waals surface area contributed by atoms with Gasteiger partial charge < -0.3 is 34.4 Å². The summed E-state index contributed by atoms with van der Waals surface area (Å²) in [5.41, 5.74) is 0.385. The second kappa shape index (κ2) is 17.3. The third kappa shape index (κ3) is 7.71. The Bertz CT molecular complexity index is 1670. The van der Waals surface area contributed by atoms with Crippen molar-refractivity contribution in [2.75, 3.05) is 31.8 Å². The molecule has 0 aliphatic carbocycles. The van der Waals surface area contributed by atoms with Crippen LogP contribution in [0.1, 0.15) is 50.3 Å². The Hall–Kier alpha value is -3.55. The largest absolute Gasteiger partial charge is 0.455 e. The van der Waals surface area contributed by atoms with Crippen molar-refractivity contribution in [3.63, 3.8) is 0 Å².